The highest BCUT2D eigenvalue weighted by molar-refractivity contribution is 7.80. The summed E-state index contributed by atoms with van der Waals surface area (Å²) in [6.45, 7) is 4.98. The normalized spacial score (nSPS) is 39.5. The number of nitrogens with one attached hydrogen (secondary N) is 2. The van der Waals surface area contributed by atoms with Crippen molar-refractivity contribution in [1.82, 2.24) is 5.32 Å². The number of hydrogen-bond donors (Lipinski definition) is 2. The molecule has 5 rings (SSSR count). The lowest BCUT2D eigenvalue weighted by molar-refractivity contribution is -0.111. The van der Waals surface area contributed by atoms with Crippen molar-refractivity contribution in [2.45, 2.75) is 57.9 Å². The Balaban J connectivity index is 1.47. The fraction of sp³-hybridized carbons (Fsp3) is 0.650. The van der Waals surface area contributed by atoms with Crippen LogP contribution in [0.2, 0.25) is 0 Å². The van der Waals surface area contributed by atoms with Crippen molar-refractivity contribution in [3.8, 4) is 5.75 Å². The summed E-state index contributed by atoms with van der Waals surface area (Å²) in [6, 6.07) is 7.93. The quantitative estimate of drug-likeness (QED) is 0.777. The number of thiocarbonyl (C=S) groups is 1. The Morgan fingerprint density at radius 1 is 1.04 bits per heavy atom. The number of methoxy groups -OCH3 is 1. The molecule has 0 spiro atoms. The molecule has 4 heteroatoms. The van der Waals surface area contributed by atoms with Gasteiger partial charge in [-0.15, -0.1) is 0 Å². The molecule has 1 aromatic carbocycles. The van der Waals surface area contributed by atoms with Crippen LogP contribution < -0.4 is 15.4 Å². The predicted octanol–water partition coefficient (Wildman–Crippen LogP) is 4.73. The van der Waals surface area contributed by atoms with Crippen LogP contribution in [-0.2, 0) is 0 Å². The van der Waals surface area contributed by atoms with Gasteiger partial charge in [0, 0.05) is 11.2 Å². The summed E-state index contributed by atoms with van der Waals surface area (Å²) >= 11 is 5.65. The Kier molecular flexibility index (Phi) is 3.61. The van der Waals surface area contributed by atoms with E-state index in [-0.39, 0.29) is 5.54 Å². The lowest BCUT2D eigenvalue weighted by Gasteiger charge is -2.65. The van der Waals surface area contributed by atoms with Crippen LogP contribution in [0.4, 0.5) is 5.69 Å². The van der Waals surface area contributed by atoms with Crippen molar-refractivity contribution in [3.63, 3.8) is 0 Å². The number of hydrogen-bond acceptors (Lipinski definition) is 2. The molecule has 4 aliphatic rings. The van der Waals surface area contributed by atoms with E-state index in [4.69, 9.17) is 17.0 Å². The highest BCUT2D eigenvalue weighted by Gasteiger charge is 2.60. The Hall–Kier alpha value is -1.29. The van der Waals surface area contributed by atoms with Crippen LogP contribution >= 0.6 is 12.2 Å². The molecule has 2 N–H and O–H groups in total. The molecular formula is C20H28N2OS. The smallest absolute Gasteiger partial charge is 0.171 e. The molecule has 0 amide bonds. The molecule has 2 atom stereocenters. The Bertz CT molecular complexity index is 638. The van der Waals surface area contributed by atoms with E-state index in [0.717, 1.165) is 22.5 Å². The second-order valence-electron chi connectivity index (χ2n) is 9.22. The molecule has 0 saturated heterocycles. The second kappa shape index (κ2) is 5.35. The molecule has 0 aromatic heterocycles. The molecule has 4 saturated carbocycles. The van der Waals surface area contributed by atoms with Gasteiger partial charge < -0.3 is 15.4 Å². The highest BCUT2D eigenvalue weighted by atomic mass is 32.1. The van der Waals surface area contributed by atoms with Gasteiger partial charge in [0.1, 0.15) is 5.75 Å². The zero-order valence-electron chi connectivity index (χ0n) is 14.9. The van der Waals surface area contributed by atoms with Crippen LogP contribution in [0.25, 0.3) is 0 Å². The molecule has 1 aromatic rings. The number of benzene rings is 1. The van der Waals surface area contributed by atoms with Gasteiger partial charge in [0.25, 0.3) is 0 Å². The van der Waals surface area contributed by atoms with Crippen molar-refractivity contribution < 1.29 is 4.74 Å². The summed E-state index contributed by atoms with van der Waals surface area (Å²) in [7, 11) is 1.68. The van der Waals surface area contributed by atoms with Gasteiger partial charge in [-0.3, -0.25) is 0 Å². The maximum absolute atomic E-state index is 5.65. The summed E-state index contributed by atoms with van der Waals surface area (Å²) in [6.07, 6.45) is 8.00. The maximum Gasteiger partial charge on any atom is 0.171 e. The van der Waals surface area contributed by atoms with Gasteiger partial charge in [0.05, 0.1) is 7.11 Å². The number of ether oxygens (including phenoxy) is 1. The van der Waals surface area contributed by atoms with Gasteiger partial charge >= 0.3 is 0 Å². The molecule has 0 aliphatic heterocycles. The monoisotopic (exact) mass is 344 g/mol. The minimum absolute atomic E-state index is 0.194. The topological polar surface area (TPSA) is 33.3 Å². The van der Waals surface area contributed by atoms with Crippen molar-refractivity contribution >= 4 is 23.0 Å². The maximum atomic E-state index is 5.65. The van der Waals surface area contributed by atoms with Gasteiger partial charge in [0.15, 0.2) is 5.11 Å². The Morgan fingerprint density at radius 3 is 2.21 bits per heavy atom. The lowest BCUT2D eigenvalue weighted by atomic mass is 9.43. The van der Waals surface area contributed by atoms with Gasteiger partial charge in [-0.05, 0) is 91.8 Å². The average molecular weight is 345 g/mol. The van der Waals surface area contributed by atoms with Crippen LogP contribution in [-0.4, -0.2) is 17.8 Å². The standard InChI is InChI=1S/C20H28N2OS/c1-18-8-14-9-19(2,11-18)13-20(10-14,12-18)22-17(24)21-15-4-6-16(23-3)7-5-15/h4-7,14H,8-13H2,1-3H3,(H2,21,22,24). The molecule has 0 radical (unpaired) electrons. The first-order valence-corrected chi connectivity index (χ1v) is 9.45. The molecule has 3 nitrogen and oxygen atoms in total. The minimum Gasteiger partial charge on any atom is -0.497 e. The fourth-order valence-corrected chi connectivity index (χ4v) is 7.00. The van der Waals surface area contributed by atoms with Crippen molar-refractivity contribution in [3.05, 3.63) is 24.3 Å². The summed E-state index contributed by atoms with van der Waals surface area (Å²) in [4.78, 5) is 0. The SMILES string of the molecule is COc1ccc(NC(=S)NC23CC4CC(C)(CC(C)(C4)C2)C3)cc1. The van der Waals surface area contributed by atoms with E-state index >= 15 is 0 Å². The Labute approximate surface area is 150 Å². The lowest BCUT2D eigenvalue weighted by Crippen LogP contribution is -2.65. The first kappa shape index (κ1) is 16.2. The largest absolute Gasteiger partial charge is 0.497 e. The first-order valence-electron chi connectivity index (χ1n) is 9.04. The summed E-state index contributed by atoms with van der Waals surface area (Å²) < 4.78 is 5.21. The van der Waals surface area contributed by atoms with Gasteiger partial charge in [0.2, 0.25) is 0 Å². The zero-order chi connectivity index (χ0) is 17.0. The van der Waals surface area contributed by atoms with Crippen LogP contribution in [0, 0.1) is 16.7 Å². The van der Waals surface area contributed by atoms with E-state index in [1.165, 1.54) is 38.5 Å². The van der Waals surface area contributed by atoms with Gasteiger partial charge in [-0.1, -0.05) is 13.8 Å². The van der Waals surface area contributed by atoms with Gasteiger partial charge in [-0.25, -0.2) is 0 Å². The third kappa shape index (κ3) is 2.90. The summed E-state index contributed by atoms with van der Waals surface area (Å²) in [5.74, 6) is 1.73. The third-order valence-electron chi connectivity index (χ3n) is 6.35. The van der Waals surface area contributed by atoms with E-state index in [2.05, 4.69) is 24.5 Å². The molecule has 2 unspecified atom stereocenters. The molecule has 4 bridgehead atoms. The van der Waals surface area contributed by atoms with E-state index in [1.54, 1.807) is 7.11 Å². The molecule has 0 heterocycles. The molecule has 4 aliphatic carbocycles. The van der Waals surface area contributed by atoms with Crippen LogP contribution in [0.5, 0.6) is 5.75 Å². The highest BCUT2D eigenvalue weighted by Crippen LogP contribution is 2.66. The molecular weight excluding hydrogens is 316 g/mol. The zero-order valence-corrected chi connectivity index (χ0v) is 15.8. The number of rotatable bonds is 3. The van der Waals surface area contributed by atoms with E-state index in [9.17, 15) is 0 Å². The molecule has 4 fully saturated rings. The molecule has 24 heavy (non-hydrogen) atoms. The van der Waals surface area contributed by atoms with E-state index < -0.39 is 0 Å². The van der Waals surface area contributed by atoms with Crippen molar-refractivity contribution in [1.29, 1.82) is 0 Å². The fourth-order valence-electron chi connectivity index (χ4n) is 6.66. The van der Waals surface area contributed by atoms with Crippen molar-refractivity contribution in [2.24, 2.45) is 16.7 Å². The Morgan fingerprint density at radius 2 is 1.67 bits per heavy atom. The average Bonchev–Trinajstić information content (AvgIpc) is 2.43. The minimum atomic E-state index is 0.194. The molecule has 130 valence electrons. The number of anilines is 1. The van der Waals surface area contributed by atoms with E-state index in [1.807, 2.05) is 24.3 Å². The van der Waals surface area contributed by atoms with Crippen molar-refractivity contribution in [2.75, 3.05) is 12.4 Å². The van der Waals surface area contributed by atoms with E-state index in [0.29, 0.717) is 10.8 Å². The summed E-state index contributed by atoms with van der Waals surface area (Å²) in [5.41, 5.74) is 2.20. The third-order valence-corrected chi connectivity index (χ3v) is 6.56. The van der Waals surface area contributed by atoms with Crippen LogP contribution in [0.3, 0.4) is 0 Å². The predicted molar refractivity (Wildman–Crippen MR) is 102 cm³/mol. The summed E-state index contributed by atoms with van der Waals surface area (Å²) in [5, 5.41) is 7.86. The van der Waals surface area contributed by atoms with Gasteiger partial charge in [-0.2, -0.15) is 0 Å². The first-order chi connectivity index (χ1) is 11.3. The second-order valence-corrected chi connectivity index (χ2v) is 9.63. The van der Waals surface area contributed by atoms with Crippen LogP contribution in [0.1, 0.15) is 52.4 Å². The van der Waals surface area contributed by atoms with Crippen LogP contribution in [0.15, 0.2) is 24.3 Å².